The fourth-order valence-electron chi connectivity index (χ4n) is 1.59. The highest BCUT2D eigenvalue weighted by Gasteiger charge is 2.15. The Morgan fingerprint density at radius 1 is 1.60 bits per heavy atom. The average molecular weight is 271 g/mol. The second kappa shape index (κ2) is 3.37. The number of aromatic amines is 1. The van der Waals surface area contributed by atoms with Gasteiger partial charge in [0.25, 0.3) is 5.56 Å². The van der Waals surface area contributed by atoms with Gasteiger partial charge in [-0.15, -0.1) is 0 Å². The minimum atomic E-state index is -0.156. The zero-order valence-corrected chi connectivity index (χ0v) is 10.00. The van der Waals surface area contributed by atoms with Gasteiger partial charge in [0.2, 0.25) is 0 Å². The summed E-state index contributed by atoms with van der Waals surface area (Å²) in [5.74, 6) is 0.468. The minimum absolute atomic E-state index is 0.0705. The van der Waals surface area contributed by atoms with E-state index in [1.54, 1.807) is 6.20 Å². The van der Waals surface area contributed by atoms with Crippen LogP contribution in [0.3, 0.4) is 0 Å². The number of hydrogen-bond donors (Lipinski definition) is 2. The van der Waals surface area contributed by atoms with Crippen LogP contribution in [-0.4, -0.2) is 14.6 Å². The number of rotatable bonds is 1. The predicted molar refractivity (Wildman–Crippen MR) is 62.0 cm³/mol. The van der Waals surface area contributed by atoms with Crippen LogP contribution in [0, 0.1) is 0 Å². The van der Waals surface area contributed by atoms with E-state index in [9.17, 15) is 4.79 Å². The van der Waals surface area contributed by atoms with Gasteiger partial charge in [0.15, 0.2) is 5.65 Å². The van der Waals surface area contributed by atoms with Gasteiger partial charge in [-0.05, 0) is 21.8 Å². The first-order chi connectivity index (χ1) is 7.02. The smallest absolute Gasteiger partial charge is 0.256 e. The molecule has 0 radical (unpaired) electrons. The van der Waals surface area contributed by atoms with Crippen LogP contribution in [-0.2, 0) is 0 Å². The van der Waals surface area contributed by atoms with Crippen molar-refractivity contribution in [2.75, 3.05) is 5.73 Å². The molecule has 6 heteroatoms. The molecule has 0 aliphatic heterocycles. The Bertz CT molecular complexity index is 569. The molecule has 0 aliphatic rings. The second-order valence-electron chi connectivity index (χ2n) is 3.66. The Morgan fingerprint density at radius 2 is 2.27 bits per heavy atom. The average Bonchev–Trinajstić information content (AvgIpc) is 2.47. The molecule has 0 bridgehead atoms. The summed E-state index contributed by atoms with van der Waals surface area (Å²) in [6.45, 7) is 3.84. The fraction of sp³-hybridized carbons (Fsp3) is 0.333. The number of H-pyrrole nitrogens is 1. The van der Waals surface area contributed by atoms with Gasteiger partial charge in [-0.2, -0.15) is 9.61 Å². The molecule has 3 N–H and O–H groups in total. The minimum Gasteiger partial charge on any atom is -0.383 e. The number of nitrogens with zero attached hydrogens (tertiary/aromatic N) is 2. The first-order valence-corrected chi connectivity index (χ1v) is 5.36. The molecule has 0 spiro atoms. The second-order valence-corrected chi connectivity index (χ2v) is 4.51. The quantitative estimate of drug-likeness (QED) is 0.825. The monoisotopic (exact) mass is 270 g/mol. The maximum absolute atomic E-state index is 11.7. The third-order valence-electron chi connectivity index (χ3n) is 2.28. The highest BCUT2D eigenvalue weighted by Crippen LogP contribution is 2.21. The molecule has 2 aromatic rings. The third-order valence-corrected chi connectivity index (χ3v) is 2.86. The molecule has 80 valence electrons. The maximum Gasteiger partial charge on any atom is 0.256 e. The van der Waals surface area contributed by atoms with Gasteiger partial charge in [-0.1, -0.05) is 13.8 Å². The van der Waals surface area contributed by atoms with Crippen molar-refractivity contribution in [3.63, 3.8) is 0 Å². The highest BCUT2D eigenvalue weighted by molar-refractivity contribution is 9.10. The molecule has 0 saturated heterocycles. The van der Waals surface area contributed by atoms with Gasteiger partial charge in [-0.3, -0.25) is 4.79 Å². The lowest BCUT2D eigenvalue weighted by Gasteiger charge is -2.09. The van der Waals surface area contributed by atoms with Crippen molar-refractivity contribution in [3.8, 4) is 0 Å². The standard InChI is InChI=1S/C9H11BrN4O/c1-4(2)6-7(11)14-8(13-9(6)15)5(10)3-12-14/h3-4H,11H2,1-2H3,(H,13,15). The molecule has 0 aromatic carbocycles. The molecule has 0 fully saturated rings. The van der Waals surface area contributed by atoms with Crippen molar-refractivity contribution >= 4 is 27.4 Å². The molecular formula is C9H11BrN4O. The molecule has 0 aliphatic carbocycles. The van der Waals surface area contributed by atoms with Crippen LogP contribution in [0.2, 0.25) is 0 Å². The van der Waals surface area contributed by atoms with Crippen molar-refractivity contribution in [1.82, 2.24) is 14.6 Å². The first-order valence-electron chi connectivity index (χ1n) is 4.57. The van der Waals surface area contributed by atoms with Gasteiger partial charge < -0.3 is 10.7 Å². The molecule has 5 nitrogen and oxygen atoms in total. The molecule has 2 rings (SSSR count). The van der Waals surface area contributed by atoms with Gasteiger partial charge >= 0.3 is 0 Å². The van der Waals surface area contributed by atoms with Gasteiger partial charge in [-0.25, -0.2) is 0 Å². The summed E-state index contributed by atoms with van der Waals surface area (Å²) in [7, 11) is 0. The van der Waals surface area contributed by atoms with E-state index in [2.05, 4.69) is 26.0 Å². The molecule has 0 saturated carbocycles. The molecular weight excluding hydrogens is 260 g/mol. The van der Waals surface area contributed by atoms with E-state index in [1.807, 2.05) is 13.8 Å². The number of nitrogens with one attached hydrogen (secondary N) is 1. The number of anilines is 1. The zero-order chi connectivity index (χ0) is 11.2. The lowest BCUT2D eigenvalue weighted by Crippen LogP contribution is -2.20. The van der Waals surface area contributed by atoms with Gasteiger partial charge in [0.1, 0.15) is 5.82 Å². The van der Waals surface area contributed by atoms with Gasteiger partial charge in [0, 0.05) is 0 Å². The Hall–Kier alpha value is -1.30. The van der Waals surface area contributed by atoms with Crippen molar-refractivity contribution in [1.29, 1.82) is 0 Å². The van der Waals surface area contributed by atoms with E-state index in [1.165, 1.54) is 4.52 Å². The molecule has 0 amide bonds. The van der Waals surface area contributed by atoms with Crippen LogP contribution in [0.15, 0.2) is 15.5 Å². The number of halogens is 1. The predicted octanol–water partition coefficient (Wildman–Crippen LogP) is 1.49. The Kier molecular flexibility index (Phi) is 2.30. The Labute approximate surface area is 94.4 Å². The summed E-state index contributed by atoms with van der Waals surface area (Å²) in [6.07, 6.45) is 1.60. The summed E-state index contributed by atoms with van der Waals surface area (Å²) < 4.78 is 2.25. The number of aromatic nitrogens is 3. The maximum atomic E-state index is 11.7. The van der Waals surface area contributed by atoms with Crippen LogP contribution >= 0.6 is 15.9 Å². The largest absolute Gasteiger partial charge is 0.383 e. The lowest BCUT2D eigenvalue weighted by molar-refractivity contribution is 0.816. The Balaban J connectivity index is 2.92. The van der Waals surface area contributed by atoms with Crippen molar-refractivity contribution in [2.24, 2.45) is 0 Å². The van der Waals surface area contributed by atoms with E-state index < -0.39 is 0 Å². The van der Waals surface area contributed by atoms with E-state index in [0.29, 0.717) is 17.0 Å². The van der Waals surface area contributed by atoms with E-state index in [4.69, 9.17) is 5.73 Å². The summed E-state index contributed by atoms with van der Waals surface area (Å²) in [4.78, 5) is 14.5. The van der Waals surface area contributed by atoms with E-state index >= 15 is 0 Å². The summed E-state index contributed by atoms with van der Waals surface area (Å²) >= 11 is 3.29. The molecule has 2 aromatic heterocycles. The summed E-state index contributed by atoms with van der Waals surface area (Å²) in [5, 5.41) is 4.08. The van der Waals surface area contributed by atoms with Crippen LogP contribution in [0.25, 0.3) is 5.65 Å². The number of fused-ring (bicyclic) bond motifs is 1. The van der Waals surface area contributed by atoms with Crippen molar-refractivity contribution in [3.05, 3.63) is 26.6 Å². The van der Waals surface area contributed by atoms with Crippen LogP contribution in [0.1, 0.15) is 25.3 Å². The molecule has 2 heterocycles. The van der Waals surface area contributed by atoms with E-state index in [-0.39, 0.29) is 11.5 Å². The third kappa shape index (κ3) is 1.45. The number of nitrogen functional groups attached to an aromatic ring is 1. The van der Waals surface area contributed by atoms with Crippen LogP contribution < -0.4 is 11.3 Å². The van der Waals surface area contributed by atoms with Gasteiger partial charge in [0.05, 0.1) is 16.2 Å². The van der Waals surface area contributed by atoms with E-state index in [0.717, 1.165) is 4.47 Å². The van der Waals surface area contributed by atoms with Crippen molar-refractivity contribution in [2.45, 2.75) is 19.8 Å². The topological polar surface area (TPSA) is 76.2 Å². The Morgan fingerprint density at radius 3 is 2.87 bits per heavy atom. The zero-order valence-electron chi connectivity index (χ0n) is 8.41. The SMILES string of the molecule is CC(C)c1c(N)n2ncc(Br)c2[nH]c1=O. The first kappa shape index (κ1) is 10.2. The summed E-state index contributed by atoms with van der Waals surface area (Å²) in [6, 6.07) is 0. The van der Waals surface area contributed by atoms with Crippen LogP contribution in [0.5, 0.6) is 0 Å². The normalized spacial score (nSPS) is 11.5. The van der Waals surface area contributed by atoms with Crippen molar-refractivity contribution < 1.29 is 0 Å². The van der Waals surface area contributed by atoms with Crippen LogP contribution in [0.4, 0.5) is 5.82 Å². The lowest BCUT2D eigenvalue weighted by atomic mass is 10.1. The highest BCUT2D eigenvalue weighted by atomic mass is 79.9. The molecule has 0 atom stereocenters. The molecule has 0 unspecified atom stereocenters. The number of nitrogens with two attached hydrogens (primary N) is 1. The number of hydrogen-bond acceptors (Lipinski definition) is 3. The molecule has 15 heavy (non-hydrogen) atoms. The fourth-order valence-corrected chi connectivity index (χ4v) is 1.95. The summed E-state index contributed by atoms with van der Waals surface area (Å²) in [5.41, 5.74) is 6.89.